The summed E-state index contributed by atoms with van der Waals surface area (Å²) in [4.78, 5) is 30.5. The summed E-state index contributed by atoms with van der Waals surface area (Å²) < 4.78 is 1.41. The van der Waals surface area contributed by atoms with Crippen molar-refractivity contribution in [1.82, 2.24) is 25.1 Å². The second-order valence-electron chi connectivity index (χ2n) is 4.51. The SMILES string of the molecule is CCNC(C)c1ccc(Sc2nc(=O)c(=O)[nH]n2C)nc1. The molecule has 0 aliphatic heterocycles. The maximum Gasteiger partial charge on any atom is 0.339 e. The van der Waals surface area contributed by atoms with Crippen molar-refractivity contribution in [3.63, 3.8) is 0 Å². The highest BCUT2D eigenvalue weighted by Gasteiger charge is 2.08. The van der Waals surface area contributed by atoms with Crippen molar-refractivity contribution in [2.45, 2.75) is 30.1 Å². The van der Waals surface area contributed by atoms with E-state index in [0.29, 0.717) is 10.2 Å². The summed E-state index contributed by atoms with van der Waals surface area (Å²) in [7, 11) is 1.62. The minimum Gasteiger partial charge on any atom is -0.310 e. The fourth-order valence-corrected chi connectivity index (χ4v) is 2.52. The van der Waals surface area contributed by atoms with Gasteiger partial charge < -0.3 is 5.32 Å². The zero-order valence-electron chi connectivity index (χ0n) is 12.1. The largest absolute Gasteiger partial charge is 0.339 e. The average Bonchev–Trinajstić information content (AvgIpc) is 2.46. The molecule has 0 bridgehead atoms. The first-order chi connectivity index (χ1) is 10.0. The summed E-state index contributed by atoms with van der Waals surface area (Å²) in [5.74, 6) is 0. The Balaban J connectivity index is 2.19. The van der Waals surface area contributed by atoms with Gasteiger partial charge in [-0.1, -0.05) is 13.0 Å². The van der Waals surface area contributed by atoms with Gasteiger partial charge >= 0.3 is 11.1 Å². The summed E-state index contributed by atoms with van der Waals surface area (Å²) in [6, 6.07) is 4.08. The second-order valence-corrected chi connectivity index (χ2v) is 5.50. The third-order valence-electron chi connectivity index (χ3n) is 2.91. The normalized spacial score (nSPS) is 12.3. The first-order valence-electron chi connectivity index (χ1n) is 6.55. The van der Waals surface area contributed by atoms with Crippen molar-refractivity contribution in [2.75, 3.05) is 6.54 Å². The summed E-state index contributed by atoms with van der Waals surface area (Å²) in [6.45, 7) is 5.01. The molecule has 7 nitrogen and oxygen atoms in total. The minimum absolute atomic E-state index is 0.233. The van der Waals surface area contributed by atoms with Gasteiger partial charge in [0.1, 0.15) is 5.03 Å². The van der Waals surface area contributed by atoms with E-state index in [-0.39, 0.29) is 6.04 Å². The maximum absolute atomic E-state index is 11.3. The molecule has 0 aliphatic carbocycles. The number of nitrogens with one attached hydrogen (secondary N) is 2. The molecule has 0 amide bonds. The van der Waals surface area contributed by atoms with Gasteiger partial charge in [0.15, 0.2) is 5.16 Å². The third-order valence-corrected chi connectivity index (χ3v) is 3.91. The number of hydrogen-bond acceptors (Lipinski definition) is 6. The lowest BCUT2D eigenvalue weighted by molar-refractivity contribution is 0.593. The van der Waals surface area contributed by atoms with Gasteiger partial charge in [-0.25, -0.2) is 4.98 Å². The van der Waals surface area contributed by atoms with E-state index >= 15 is 0 Å². The van der Waals surface area contributed by atoms with Crippen molar-refractivity contribution < 1.29 is 0 Å². The Morgan fingerprint density at radius 1 is 1.43 bits per heavy atom. The Morgan fingerprint density at radius 3 is 2.81 bits per heavy atom. The second kappa shape index (κ2) is 6.68. The van der Waals surface area contributed by atoms with Crippen LogP contribution < -0.4 is 16.4 Å². The number of aromatic amines is 1. The van der Waals surface area contributed by atoms with Crippen LogP contribution in [0.15, 0.2) is 38.1 Å². The van der Waals surface area contributed by atoms with Crippen LogP contribution in [0, 0.1) is 0 Å². The molecule has 8 heteroatoms. The van der Waals surface area contributed by atoms with Crippen molar-refractivity contribution in [2.24, 2.45) is 7.05 Å². The Labute approximate surface area is 125 Å². The first-order valence-corrected chi connectivity index (χ1v) is 7.37. The van der Waals surface area contributed by atoms with Crippen LogP contribution >= 0.6 is 11.8 Å². The fourth-order valence-electron chi connectivity index (χ4n) is 1.78. The molecule has 0 fully saturated rings. The Hall–Kier alpha value is -1.93. The average molecular weight is 307 g/mol. The Bertz CT molecular complexity index is 723. The van der Waals surface area contributed by atoms with Gasteiger partial charge in [0.05, 0.1) is 0 Å². The fraction of sp³-hybridized carbons (Fsp3) is 0.385. The number of aromatic nitrogens is 4. The van der Waals surface area contributed by atoms with Crippen LogP contribution in [0.25, 0.3) is 0 Å². The lowest BCUT2D eigenvalue weighted by atomic mass is 10.1. The molecule has 112 valence electrons. The lowest BCUT2D eigenvalue weighted by Crippen LogP contribution is -2.33. The minimum atomic E-state index is -0.798. The van der Waals surface area contributed by atoms with Gasteiger partial charge in [0, 0.05) is 19.3 Å². The molecule has 2 heterocycles. The van der Waals surface area contributed by atoms with Crippen LogP contribution in [0.1, 0.15) is 25.5 Å². The highest BCUT2D eigenvalue weighted by Crippen LogP contribution is 2.23. The monoisotopic (exact) mass is 307 g/mol. The van der Waals surface area contributed by atoms with E-state index in [1.807, 2.05) is 12.1 Å². The molecular formula is C13H17N5O2S. The number of aryl methyl sites for hydroxylation is 1. The van der Waals surface area contributed by atoms with Gasteiger partial charge in [-0.05, 0) is 36.9 Å². The highest BCUT2D eigenvalue weighted by molar-refractivity contribution is 7.99. The number of nitrogens with zero attached hydrogens (tertiary/aromatic N) is 3. The molecule has 1 atom stereocenters. The quantitative estimate of drug-likeness (QED) is 0.789. The summed E-state index contributed by atoms with van der Waals surface area (Å²) in [5.41, 5.74) is -0.442. The van der Waals surface area contributed by atoms with Crippen LogP contribution in [0.5, 0.6) is 0 Å². The molecule has 21 heavy (non-hydrogen) atoms. The van der Waals surface area contributed by atoms with Crippen molar-refractivity contribution >= 4 is 11.8 Å². The molecule has 0 aliphatic rings. The summed E-state index contributed by atoms with van der Waals surface area (Å²) in [5, 5.41) is 6.80. The Morgan fingerprint density at radius 2 is 2.19 bits per heavy atom. The van der Waals surface area contributed by atoms with Crippen LogP contribution in [0.2, 0.25) is 0 Å². The number of hydrogen-bond donors (Lipinski definition) is 2. The van der Waals surface area contributed by atoms with E-state index in [0.717, 1.165) is 12.1 Å². The topological polar surface area (TPSA) is 92.7 Å². The number of H-pyrrole nitrogens is 1. The molecule has 0 saturated heterocycles. The molecule has 2 aromatic heterocycles. The smallest absolute Gasteiger partial charge is 0.310 e. The predicted molar refractivity (Wildman–Crippen MR) is 80.6 cm³/mol. The Kier molecular flexibility index (Phi) is 4.92. The number of pyridine rings is 1. The van der Waals surface area contributed by atoms with Crippen molar-refractivity contribution in [3.8, 4) is 0 Å². The van der Waals surface area contributed by atoms with E-state index in [9.17, 15) is 9.59 Å². The van der Waals surface area contributed by atoms with Crippen LogP contribution in [-0.2, 0) is 7.05 Å². The van der Waals surface area contributed by atoms with Gasteiger partial charge in [-0.15, -0.1) is 0 Å². The molecule has 0 saturated carbocycles. The lowest BCUT2D eigenvalue weighted by Gasteiger charge is -2.12. The van der Waals surface area contributed by atoms with E-state index < -0.39 is 11.1 Å². The predicted octanol–water partition coefficient (Wildman–Crippen LogP) is 0.685. The zero-order chi connectivity index (χ0) is 15.4. The molecule has 2 N–H and O–H groups in total. The molecule has 0 spiro atoms. The molecular weight excluding hydrogens is 290 g/mol. The van der Waals surface area contributed by atoms with Gasteiger partial charge in [-0.2, -0.15) is 4.98 Å². The highest BCUT2D eigenvalue weighted by atomic mass is 32.2. The number of rotatable bonds is 5. The third kappa shape index (κ3) is 3.79. The van der Waals surface area contributed by atoms with Crippen LogP contribution in [0.3, 0.4) is 0 Å². The standard InChI is InChI=1S/C13H17N5O2S/c1-4-14-8(2)9-5-6-10(15-7-9)21-13-16-11(19)12(20)17-18(13)3/h5-8,14H,4H2,1-3H3,(H,17,20). The maximum atomic E-state index is 11.3. The zero-order valence-corrected chi connectivity index (χ0v) is 12.9. The summed E-state index contributed by atoms with van der Waals surface area (Å²) in [6.07, 6.45) is 1.79. The van der Waals surface area contributed by atoms with E-state index in [1.54, 1.807) is 13.2 Å². The molecule has 0 radical (unpaired) electrons. The van der Waals surface area contributed by atoms with Crippen molar-refractivity contribution in [1.29, 1.82) is 0 Å². The molecule has 1 unspecified atom stereocenters. The van der Waals surface area contributed by atoms with Gasteiger partial charge in [0.2, 0.25) is 0 Å². The molecule has 2 rings (SSSR count). The van der Waals surface area contributed by atoms with Gasteiger partial charge in [-0.3, -0.25) is 19.4 Å². The van der Waals surface area contributed by atoms with Crippen LogP contribution in [-0.4, -0.2) is 26.3 Å². The van der Waals surface area contributed by atoms with E-state index in [4.69, 9.17) is 0 Å². The molecule has 2 aromatic rings. The van der Waals surface area contributed by atoms with Crippen molar-refractivity contribution in [3.05, 3.63) is 44.6 Å². The first kappa shape index (κ1) is 15.5. The molecule has 0 aromatic carbocycles. The van der Waals surface area contributed by atoms with E-state index in [1.165, 1.54) is 16.4 Å². The van der Waals surface area contributed by atoms with Crippen LogP contribution in [0.4, 0.5) is 0 Å². The van der Waals surface area contributed by atoms with E-state index in [2.05, 4.69) is 34.2 Å². The van der Waals surface area contributed by atoms with Gasteiger partial charge in [0.25, 0.3) is 0 Å². The summed E-state index contributed by atoms with van der Waals surface area (Å²) >= 11 is 1.22.